The Morgan fingerprint density at radius 1 is 0.511 bits per heavy atom. The maximum absolute atomic E-state index is 4.12. The Morgan fingerprint density at radius 3 is 1.38 bits per heavy atom. The maximum atomic E-state index is 4.12. The summed E-state index contributed by atoms with van der Waals surface area (Å²) < 4.78 is 4.69. The third-order valence-corrected chi connectivity index (χ3v) is 8.80. The van der Waals surface area contributed by atoms with Crippen molar-refractivity contribution in [1.29, 1.82) is 0 Å². The topological polar surface area (TPSA) is 9.86 Å². The molecule has 0 amide bonds. The van der Waals surface area contributed by atoms with Crippen molar-refractivity contribution in [2.75, 3.05) is 0 Å². The molecule has 0 unspecified atom stereocenters. The quantitative estimate of drug-likeness (QED) is 0.166. The van der Waals surface area contributed by atoms with Crippen LogP contribution in [0.15, 0.2) is 146 Å². The van der Waals surface area contributed by atoms with Crippen molar-refractivity contribution < 1.29 is 0 Å². The molecule has 2 nitrogen and oxygen atoms in total. The summed E-state index contributed by atoms with van der Waals surface area (Å²) in [6.45, 7) is 10.4. The fourth-order valence-electron chi connectivity index (χ4n) is 6.84. The van der Waals surface area contributed by atoms with E-state index < -0.39 is 0 Å². The number of rotatable bonds is 7. The van der Waals surface area contributed by atoms with Crippen molar-refractivity contribution >= 4 is 56.0 Å². The van der Waals surface area contributed by atoms with Gasteiger partial charge >= 0.3 is 0 Å². The second-order valence-corrected chi connectivity index (χ2v) is 11.2. The van der Waals surface area contributed by atoms with E-state index in [-0.39, 0.29) is 0 Å². The first kappa shape index (κ1) is 28.2. The molecule has 0 saturated heterocycles. The molecule has 2 aromatic heterocycles. The summed E-state index contributed by atoms with van der Waals surface area (Å²) in [5, 5.41) is 3.76. The highest BCUT2D eigenvalue weighted by molar-refractivity contribution is 6.09. The smallest absolute Gasteiger partial charge is 0.0541 e. The van der Waals surface area contributed by atoms with Gasteiger partial charge in [0.15, 0.2) is 0 Å². The van der Waals surface area contributed by atoms with Crippen LogP contribution in [0.25, 0.3) is 67.4 Å². The van der Waals surface area contributed by atoms with Gasteiger partial charge in [0.2, 0.25) is 0 Å². The average molecular weight is 581 g/mol. The molecule has 0 aliphatic rings. The summed E-state index contributed by atoms with van der Waals surface area (Å²) in [6.07, 6.45) is 10.7. The van der Waals surface area contributed by atoms with Gasteiger partial charge in [-0.3, -0.25) is 0 Å². The molecule has 45 heavy (non-hydrogen) atoms. The van der Waals surface area contributed by atoms with E-state index in [9.17, 15) is 0 Å². The lowest BCUT2D eigenvalue weighted by molar-refractivity contribution is 1.10. The number of hydrogen-bond acceptors (Lipinski definition) is 0. The number of aromatic nitrogens is 2. The van der Waals surface area contributed by atoms with E-state index in [2.05, 4.69) is 182 Å². The molecule has 7 rings (SSSR count). The van der Waals surface area contributed by atoms with Crippen LogP contribution in [0.1, 0.15) is 43.2 Å². The van der Waals surface area contributed by atoms with Gasteiger partial charge in [-0.1, -0.05) is 110 Å². The van der Waals surface area contributed by atoms with E-state index >= 15 is 0 Å². The Labute approximate surface area is 265 Å². The van der Waals surface area contributed by atoms with Crippen LogP contribution in [0, 0.1) is 0 Å². The van der Waals surface area contributed by atoms with Crippen LogP contribution < -0.4 is 0 Å². The molecule has 218 valence electrons. The van der Waals surface area contributed by atoms with Crippen LogP contribution >= 0.6 is 0 Å². The second-order valence-electron chi connectivity index (χ2n) is 11.2. The number of allylic oxidation sites excluding steroid dienone is 5. The Hall–Kier alpha value is -5.60. The molecule has 2 heterocycles. The highest BCUT2D eigenvalue weighted by Crippen LogP contribution is 2.36. The van der Waals surface area contributed by atoms with Gasteiger partial charge in [0.25, 0.3) is 0 Å². The molecule has 0 aliphatic heterocycles. The van der Waals surface area contributed by atoms with Gasteiger partial charge in [0.1, 0.15) is 0 Å². The molecule has 2 heteroatoms. The Bertz CT molecular complexity index is 2230. The van der Waals surface area contributed by atoms with Crippen molar-refractivity contribution in [3.05, 3.63) is 169 Å². The van der Waals surface area contributed by atoms with Gasteiger partial charge in [-0.15, -0.1) is 0 Å². The monoisotopic (exact) mass is 580 g/mol. The average Bonchev–Trinajstić information content (AvgIpc) is 3.60. The predicted octanol–water partition coefficient (Wildman–Crippen LogP) is 11.9. The van der Waals surface area contributed by atoms with Crippen molar-refractivity contribution in [2.24, 2.45) is 0 Å². The lowest BCUT2D eigenvalue weighted by Crippen LogP contribution is -1.98. The van der Waals surface area contributed by atoms with E-state index in [1.54, 1.807) is 0 Å². The molecule has 0 aliphatic carbocycles. The zero-order chi connectivity index (χ0) is 30.9. The minimum Gasteiger partial charge on any atom is -0.309 e. The fourth-order valence-corrected chi connectivity index (χ4v) is 6.84. The SMILES string of the molecule is C=Cc1c(/C=C\C)n(-c2ccc(C(=C/C)/C(=C\C)c3ccc(-n4c5ccccc5c5ccccc54)cc3)cc2)c2ccccc12. The largest absolute Gasteiger partial charge is 0.309 e. The highest BCUT2D eigenvalue weighted by atomic mass is 15.0. The molecule has 0 fully saturated rings. The number of para-hydroxylation sites is 3. The van der Waals surface area contributed by atoms with E-state index in [0.29, 0.717) is 0 Å². The van der Waals surface area contributed by atoms with Crippen LogP contribution in [0.4, 0.5) is 0 Å². The van der Waals surface area contributed by atoms with Crippen molar-refractivity contribution in [3.8, 4) is 11.4 Å². The normalized spacial score (nSPS) is 12.6. The zero-order valence-corrected chi connectivity index (χ0v) is 26.0. The molecular formula is C43H36N2. The molecule has 0 saturated carbocycles. The van der Waals surface area contributed by atoms with Gasteiger partial charge < -0.3 is 9.13 Å². The van der Waals surface area contributed by atoms with E-state index in [4.69, 9.17) is 0 Å². The third-order valence-electron chi connectivity index (χ3n) is 8.80. The van der Waals surface area contributed by atoms with Crippen molar-refractivity contribution in [2.45, 2.75) is 20.8 Å². The van der Waals surface area contributed by atoms with E-state index in [1.807, 2.05) is 6.08 Å². The fraction of sp³-hybridized carbons (Fsp3) is 0.0698. The van der Waals surface area contributed by atoms with Crippen LogP contribution in [0.2, 0.25) is 0 Å². The van der Waals surface area contributed by atoms with E-state index in [1.165, 1.54) is 55.0 Å². The molecule has 0 atom stereocenters. The minimum atomic E-state index is 1.13. The molecule has 0 bridgehead atoms. The molecule has 0 N–H and O–H groups in total. The number of benzene rings is 5. The zero-order valence-electron chi connectivity index (χ0n) is 26.0. The molecule has 7 aromatic rings. The summed E-state index contributed by atoms with van der Waals surface area (Å²) in [5.41, 5.74) is 13.0. The second kappa shape index (κ2) is 11.8. The summed E-state index contributed by atoms with van der Waals surface area (Å²) in [7, 11) is 0. The van der Waals surface area contributed by atoms with Gasteiger partial charge in [-0.05, 0) is 91.6 Å². The molecular weight excluding hydrogens is 544 g/mol. The Balaban J connectivity index is 1.25. The first-order valence-electron chi connectivity index (χ1n) is 15.6. The van der Waals surface area contributed by atoms with Crippen LogP contribution in [-0.4, -0.2) is 9.13 Å². The summed E-state index contributed by atoms with van der Waals surface area (Å²) in [6, 6.07) is 43.8. The van der Waals surface area contributed by atoms with Crippen molar-refractivity contribution in [1.82, 2.24) is 9.13 Å². The number of fused-ring (bicyclic) bond motifs is 4. The summed E-state index contributed by atoms with van der Waals surface area (Å²) >= 11 is 0. The van der Waals surface area contributed by atoms with Crippen molar-refractivity contribution in [3.63, 3.8) is 0 Å². The van der Waals surface area contributed by atoms with Gasteiger partial charge in [0.05, 0.1) is 22.2 Å². The van der Waals surface area contributed by atoms with Crippen LogP contribution in [0.5, 0.6) is 0 Å². The van der Waals surface area contributed by atoms with Gasteiger partial charge in [-0.2, -0.15) is 0 Å². The highest BCUT2D eigenvalue weighted by Gasteiger charge is 2.16. The maximum Gasteiger partial charge on any atom is 0.0541 e. The lowest BCUT2D eigenvalue weighted by Gasteiger charge is -2.16. The predicted molar refractivity (Wildman–Crippen MR) is 196 cm³/mol. The van der Waals surface area contributed by atoms with Gasteiger partial charge in [0, 0.05) is 33.1 Å². The Morgan fingerprint density at radius 2 is 0.933 bits per heavy atom. The molecule has 0 radical (unpaired) electrons. The minimum absolute atomic E-state index is 1.13. The standard InChI is InChI=1S/C43H36N2/c1-5-15-40-36(8-4)37-16-9-12-19-41(37)44(40)32-26-22-30(23-27-32)34(6-2)35(7-3)31-24-28-33(29-25-31)45-42-20-13-10-17-38(42)39-18-11-14-21-43(39)45/h5-29H,4H2,1-3H3/b15-5-,34-6-,35-7-. The summed E-state index contributed by atoms with van der Waals surface area (Å²) in [5.74, 6) is 0. The number of hydrogen-bond donors (Lipinski definition) is 0. The lowest BCUT2D eigenvalue weighted by atomic mass is 9.91. The first-order chi connectivity index (χ1) is 22.2. The van der Waals surface area contributed by atoms with Crippen LogP contribution in [0.3, 0.4) is 0 Å². The summed E-state index contributed by atoms with van der Waals surface area (Å²) in [4.78, 5) is 0. The number of nitrogens with zero attached hydrogens (tertiary/aromatic N) is 2. The van der Waals surface area contributed by atoms with Gasteiger partial charge in [-0.25, -0.2) is 0 Å². The molecule has 0 spiro atoms. The Kier molecular flexibility index (Phi) is 7.41. The van der Waals surface area contributed by atoms with Crippen LogP contribution in [-0.2, 0) is 0 Å². The third kappa shape index (κ3) is 4.67. The van der Waals surface area contributed by atoms with E-state index in [0.717, 1.165) is 22.6 Å². The first-order valence-corrected chi connectivity index (χ1v) is 15.6. The molecule has 5 aromatic carbocycles.